The molecule has 0 unspecified atom stereocenters. The third-order valence-electron chi connectivity index (χ3n) is 4.92. The van der Waals surface area contributed by atoms with E-state index in [1.54, 1.807) is 24.3 Å². The van der Waals surface area contributed by atoms with Gasteiger partial charge < -0.3 is 20.4 Å². The quantitative estimate of drug-likeness (QED) is 0.694. The SMILES string of the molecule is CN1CCN(c2ccnc3ccc(NC(=O)Nc4ccc(Cl)cc4)cc23)CC1. The summed E-state index contributed by atoms with van der Waals surface area (Å²) in [5.74, 6) is 0. The Kier molecular flexibility index (Phi) is 5.32. The number of nitrogens with one attached hydrogen (secondary N) is 2. The van der Waals surface area contributed by atoms with Crippen molar-refractivity contribution in [1.29, 1.82) is 0 Å². The molecule has 1 saturated heterocycles. The van der Waals surface area contributed by atoms with Crippen molar-refractivity contribution >= 4 is 45.6 Å². The van der Waals surface area contributed by atoms with Crippen molar-refractivity contribution in [2.24, 2.45) is 0 Å². The molecule has 0 bridgehead atoms. The fourth-order valence-electron chi connectivity index (χ4n) is 3.36. The number of carbonyl (C=O) groups is 1. The normalized spacial score (nSPS) is 14.9. The number of aromatic nitrogens is 1. The number of amides is 2. The second kappa shape index (κ2) is 8.04. The minimum Gasteiger partial charge on any atom is -0.368 e. The first kappa shape index (κ1) is 18.5. The fraction of sp³-hybridized carbons (Fsp3) is 0.238. The molecule has 0 saturated carbocycles. The number of urea groups is 1. The average Bonchev–Trinajstić information content (AvgIpc) is 2.70. The second-order valence-corrected chi connectivity index (χ2v) is 7.37. The number of hydrogen-bond acceptors (Lipinski definition) is 4. The maximum absolute atomic E-state index is 12.3. The van der Waals surface area contributed by atoms with Crippen LogP contribution < -0.4 is 15.5 Å². The van der Waals surface area contributed by atoms with Gasteiger partial charge >= 0.3 is 6.03 Å². The number of benzene rings is 2. The topological polar surface area (TPSA) is 60.5 Å². The highest BCUT2D eigenvalue weighted by Gasteiger charge is 2.17. The molecule has 0 spiro atoms. The summed E-state index contributed by atoms with van der Waals surface area (Å²) in [5.41, 5.74) is 3.48. The van der Waals surface area contributed by atoms with Crippen LogP contribution in [0.15, 0.2) is 54.7 Å². The molecule has 2 N–H and O–H groups in total. The van der Waals surface area contributed by atoms with Gasteiger partial charge in [0.1, 0.15) is 0 Å². The van der Waals surface area contributed by atoms with Gasteiger partial charge in [0.2, 0.25) is 0 Å². The van der Waals surface area contributed by atoms with Gasteiger partial charge in [0.05, 0.1) is 5.52 Å². The molecule has 1 aliphatic rings. The zero-order valence-corrected chi connectivity index (χ0v) is 16.4. The third-order valence-corrected chi connectivity index (χ3v) is 5.17. The van der Waals surface area contributed by atoms with Crippen LogP contribution in [0.2, 0.25) is 5.02 Å². The Labute approximate surface area is 169 Å². The van der Waals surface area contributed by atoms with E-state index in [-0.39, 0.29) is 6.03 Å². The van der Waals surface area contributed by atoms with E-state index in [4.69, 9.17) is 11.6 Å². The molecule has 2 heterocycles. The number of carbonyl (C=O) groups excluding carboxylic acids is 1. The molecule has 0 aliphatic carbocycles. The van der Waals surface area contributed by atoms with Gasteiger partial charge in [-0.2, -0.15) is 0 Å². The van der Waals surface area contributed by atoms with Crippen molar-refractivity contribution in [3.05, 3.63) is 59.8 Å². The van der Waals surface area contributed by atoms with Gasteiger partial charge in [0, 0.05) is 59.8 Å². The lowest BCUT2D eigenvalue weighted by Crippen LogP contribution is -2.44. The zero-order valence-electron chi connectivity index (χ0n) is 15.7. The molecule has 4 rings (SSSR count). The van der Waals surface area contributed by atoms with Gasteiger partial charge in [-0.25, -0.2) is 4.79 Å². The predicted octanol–water partition coefficient (Wildman–Crippen LogP) is 4.28. The summed E-state index contributed by atoms with van der Waals surface area (Å²) in [5, 5.41) is 7.37. The molecule has 1 fully saturated rings. The number of fused-ring (bicyclic) bond motifs is 1. The first-order valence-electron chi connectivity index (χ1n) is 9.24. The molecule has 0 atom stereocenters. The second-order valence-electron chi connectivity index (χ2n) is 6.94. The van der Waals surface area contributed by atoms with Crippen LogP contribution in [0.1, 0.15) is 0 Å². The van der Waals surface area contributed by atoms with E-state index < -0.39 is 0 Å². The molecule has 28 heavy (non-hydrogen) atoms. The van der Waals surface area contributed by atoms with E-state index in [9.17, 15) is 4.79 Å². The van der Waals surface area contributed by atoms with Gasteiger partial charge in [-0.15, -0.1) is 0 Å². The van der Waals surface area contributed by atoms with E-state index >= 15 is 0 Å². The van der Waals surface area contributed by atoms with Crippen LogP contribution in [-0.4, -0.2) is 49.1 Å². The van der Waals surface area contributed by atoms with Crippen LogP contribution in [0.5, 0.6) is 0 Å². The van der Waals surface area contributed by atoms with Crippen molar-refractivity contribution < 1.29 is 4.79 Å². The Bertz CT molecular complexity index is 984. The standard InChI is InChI=1S/C21H22ClN5O/c1-26-10-12-27(13-11-26)20-8-9-23-19-7-6-17(14-18(19)20)25-21(28)24-16-4-2-15(22)3-5-16/h2-9,14H,10-13H2,1H3,(H2,24,25,28). The molecule has 2 aromatic carbocycles. The molecule has 2 amide bonds. The lowest BCUT2D eigenvalue weighted by atomic mass is 10.1. The van der Waals surface area contributed by atoms with Crippen molar-refractivity contribution in [3.63, 3.8) is 0 Å². The number of anilines is 3. The van der Waals surface area contributed by atoms with E-state index in [0.717, 1.165) is 48.5 Å². The van der Waals surface area contributed by atoms with Crippen LogP contribution in [0.25, 0.3) is 10.9 Å². The molecule has 6 nitrogen and oxygen atoms in total. The lowest BCUT2D eigenvalue weighted by Gasteiger charge is -2.34. The van der Waals surface area contributed by atoms with E-state index in [0.29, 0.717) is 10.7 Å². The number of rotatable bonds is 3. The van der Waals surface area contributed by atoms with Crippen molar-refractivity contribution in [2.75, 3.05) is 48.8 Å². The minimum atomic E-state index is -0.299. The molecular formula is C21H22ClN5O. The Hall–Kier alpha value is -2.83. The summed E-state index contributed by atoms with van der Waals surface area (Å²) in [4.78, 5) is 21.5. The van der Waals surface area contributed by atoms with Crippen molar-refractivity contribution in [1.82, 2.24) is 9.88 Å². The maximum Gasteiger partial charge on any atom is 0.323 e. The minimum absolute atomic E-state index is 0.299. The monoisotopic (exact) mass is 395 g/mol. The molecule has 7 heteroatoms. The Morgan fingerprint density at radius 3 is 2.39 bits per heavy atom. The highest BCUT2D eigenvalue weighted by Crippen LogP contribution is 2.28. The van der Waals surface area contributed by atoms with Crippen LogP contribution in [0.3, 0.4) is 0 Å². The van der Waals surface area contributed by atoms with Gasteiger partial charge in [0.15, 0.2) is 0 Å². The number of piperazine rings is 1. The highest BCUT2D eigenvalue weighted by molar-refractivity contribution is 6.30. The zero-order chi connectivity index (χ0) is 19.5. The van der Waals surface area contributed by atoms with E-state index in [2.05, 4.69) is 32.5 Å². The summed E-state index contributed by atoms with van der Waals surface area (Å²) in [6, 6.07) is 14.5. The van der Waals surface area contributed by atoms with Gasteiger partial charge in [-0.3, -0.25) is 4.98 Å². The first-order valence-corrected chi connectivity index (χ1v) is 9.62. The molecule has 0 radical (unpaired) electrons. The Balaban J connectivity index is 1.54. The predicted molar refractivity (Wildman–Crippen MR) is 116 cm³/mol. The van der Waals surface area contributed by atoms with Crippen LogP contribution in [0, 0.1) is 0 Å². The molecular weight excluding hydrogens is 374 g/mol. The molecule has 144 valence electrons. The average molecular weight is 396 g/mol. The van der Waals surface area contributed by atoms with Crippen LogP contribution >= 0.6 is 11.6 Å². The van der Waals surface area contributed by atoms with E-state index in [1.807, 2.05) is 30.5 Å². The molecule has 1 aromatic heterocycles. The lowest BCUT2D eigenvalue weighted by molar-refractivity contribution is 0.262. The van der Waals surface area contributed by atoms with Crippen LogP contribution in [0.4, 0.5) is 21.9 Å². The third kappa shape index (κ3) is 4.18. The summed E-state index contributed by atoms with van der Waals surface area (Å²) in [6.07, 6.45) is 1.84. The van der Waals surface area contributed by atoms with Crippen molar-refractivity contribution in [2.45, 2.75) is 0 Å². The molecule has 1 aliphatic heterocycles. The number of hydrogen-bond donors (Lipinski definition) is 2. The summed E-state index contributed by atoms with van der Waals surface area (Å²) < 4.78 is 0. The number of nitrogens with zero attached hydrogens (tertiary/aromatic N) is 3. The first-order chi connectivity index (χ1) is 13.6. The number of halogens is 1. The fourth-order valence-corrected chi connectivity index (χ4v) is 3.49. The van der Waals surface area contributed by atoms with E-state index in [1.165, 1.54) is 0 Å². The Morgan fingerprint density at radius 1 is 0.964 bits per heavy atom. The Morgan fingerprint density at radius 2 is 1.64 bits per heavy atom. The van der Waals surface area contributed by atoms with Gasteiger partial charge in [0.25, 0.3) is 0 Å². The smallest absolute Gasteiger partial charge is 0.323 e. The highest BCUT2D eigenvalue weighted by atomic mass is 35.5. The maximum atomic E-state index is 12.3. The van der Waals surface area contributed by atoms with Crippen molar-refractivity contribution in [3.8, 4) is 0 Å². The van der Waals surface area contributed by atoms with Gasteiger partial charge in [-0.1, -0.05) is 11.6 Å². The number of pyridine rings is 1. The summed E-state index contributed by atoms with van der Waals surface area (Å²) in [6.45, 7) is 4.02. The number of likely N-dealkylation sites (N-methyl/N-ethyl adjacent to an activating group) is 1. The van der Waals surface area contributed by atoms with Gasteiger partial charge in [-0.05, 0) is 55.6 Å². The van der Waals surface area contributed by atoms with Crippen LogP contribution in [-0.2, 0) is 0 Å². The molecule has 3 aromatic rings. The summed E-state index contributed by atoms with van der Waals surface area (Å²) >= 11 is 5.88. The summed E-state index contributed by atoms with van der Waals surface area (Å²) in [7, 11) is 2.14. The largest absolute Gasteiger partial charge is 0.368 e.